The second-order valence-corrected chi connectivity index (χ2v) is 3.67. The number of aliphatic hydroxyl groups excluding tert-OH is 1. The van der Waals surface area contributed by atoms with Gasteiger partial charge < -0.3 is 9.84 Å². The fourth-order valence-corrected chi connectivity index (χ4v) is 2.15. The average Bonchev–Trinajstić information content (AvgIpc) is 2.78. The summed E-state index contributed by atoms with van der Waals surface area (Å²) in [5.41, 5.74) is 0. The number of esters is 1. The van der Waals surface area contributed by atoms with E-state index >= 15 is 0 Å². The normalized spacial score (nSPS) is 34.0. The Morgan fingerprint density at radius 1 is 1.54 bits per heavy atom. The highest BCUT2D eigenvalue weighted by atomic mass is 16.5. The summed E-state index contributed by atoms with van der Waals surface area (Å²) in [6.07, 6.45) is 0.554. The Hall–Kier alpha value is -0.570. The highest BCUT2D eigenvalue weighted by Gasteiger charge is 2.56. The summed E-state index contributed by atoms with van der Waals surface area (Å²) in [7, 11) is 0. The van der Waals surface area contributed by atoms with Crippen LogP contribution in [0, 0.1) is 17.8 Å². The van der Waals surface area contributed by atoms with E-state index in [1.165, 1.54) is 0 Å². The van der Waals surface area contributed by atoms with Gasteiger partial charge in [-0.05, 0) is 19.8 Å². The Bertz CT molecular complexity index is 189. The maximum atomic E-state index is 11.4. The predicted octanol–water partition coefficient (Wildman–Crippen LogP) is 1.20. The topological polar surface area (TPSA) is 46.5 Å². The molecule has 0 amide bonds. The molecule has 0 heterocycles. The third kappa shape index (κ3) is 2.02. The molecule has 0 spiro atoms. The second kappa shape index (κ2) is 4.09. The number of aliphatic hydroxyl groups is 1. The van der Waals surface area contributed by atoms with Gasteiger partial charge in [0.25, 0.3) is 0 Å². The molecule has 1 aliphatic rings. The van der Waals surface area contributed by atoms with Crippen LogP contribution in [-0.2, 0) is 9.53 Å². The Labute approximate surface area is 79.1 Å². The lowest BCUT2D eigenvalue weighted by Crippen LogP contribution is -2.12. The molecule has 0 aromatic heterocycles. The highest BCUT2D eigenvalue weighted by molar-refractivity contribution is 5.76. The summed E-state index contributed by atoms with van der Waals surface area (Å²) in [4.78, 5) is 11.4. The molecule has 1 fully saturated rings. The number of rotatable bonds is 4. The Morgan fingerprint density at radius 2 is 2.15 bits per heavy atom. The van der Waals surface area contributed by atoms with Crippen molar-refractivity contribution < 1.29 is 14.6 Å². The number of carbonyl (C=O) groups excluding carboxylic acids is 1. The van der Waals surface area contributed by atoms with Crippen molar-refractivity contribution in [2.24, 2.45) is 17.8 Å². The maximum absolute atomic E-state index is 11.4. The van der Waals surface area contributed by atoms with Crippen LogP contribution in [0.4, 0.5) is 0 Å². The third-order valence-corrected chi connectivity index (χ3v) is 2.82. The first kappa shape index (κ1) is 10.5. The fourth-order valence-electron chi connectivity index (χ4n) is 2.15. The van der Waals surface area contributed by atoms with Crippen molar-refractivity contribution in [3.8, 4) is 0 Å². The van der Waals surface area contributed by atoms with Crippen molar-refractivity contribution in [2.45, 2.75) is 33.3 Å². The molecular weight excluding hydrogens is 168 g/mol. The zero-order valence-corrected chi connectivity index (χ0v) is 8.49. The first-order chi connectivity index (χ1) is 6.13. The van der Waals surface area contributed by atoms with Gasteiger partial charge in [0.15, 0.2) is 0 Å². The van der Waals surface area contributed by atoms with Crippen LogP contribution < -0.4 is 0 Å². The minimum atomic E-state index is -0.389. The largest absolute Gasteiger partial charge is 0.466 e. The van der Waals surface area contributed by atoms with Crippen LogP contribution in [0.2, 0.25) is 0 Å². The molecule has 1 N–H and O–H groups in total. The van der Waals surface area contributed by atoms with Crippen LogP contribution in [0.3, 0.4) is 0 Å². The quantitative estimate of drug-likeness (QED) is 0.671. The average molecular weight is 186 g/mol. The summed E-state index contributed by atoms with van der Waals surface area (Å²) in [6, 6.07) is 0. The van der Waals surface area contributed by atoms with Crippen LogP contribution >= 0.6 is 0 Å². The molecule has 1 rings (SSSR count). The number of hydrogen-bond acceptors (Lipinski definition) is 3. The van der Waals surface area contributed by atoms with Crippen molar-refractivity contribution in [3.05, 3.63) is 0 Å². The molecule has 0 aliphatic heterocycles. The SMILES string of the molecule is CCOC(=O)[C@@H]1[C@@H](CC)[C@H]1[C@H](C)O. The molecule has 76 valence electrons. The van der Waals surface area contributed by atoms with E-state index in [-0.39, 0.29) is 23.9 Å². The smallest absolute Gasteiger partial charge is 0.309 e. The van der Waals surface area contributed by atoms with E-state index in [0.717, 1.165) is 6.42 Å². The first-order valence-electron chi connectivity index (χ1n) is 4.98. The monoisotopic (exact) mass is 186 g/mol. The van der Waals surface area contributed by atoms with Crippen molar-refractivity contribution in [1.29, 1.82) is 0 Å². The zero-order chi connectivity index (χ0) is 10.0. The minimum Gasteiger partial charge on any atom is -0.466 e. The van der Waals surface area contributed by atoms with E-state index < -0.39 is 0 Å². The fraction of sp³-hybridized carbons (Fsp3) is 0.900. The number of hydrogen-bond donors (Lipinski definition) is 1. The summed E-state index contributed by atoms with van der Waals surface area (Å²) >= 11 is 0. The van der Waals surface area contributed by atoms with Crippen LogP contribution in [0.15, 0.2) is 0 Å². The second-order valence-electron chi connectivity index (χ2n) is 3.67. The van der Waals surface area contributed by atoms with Crippen LogP contribution in [0.1, 0.15) is 27.2 Å². The van der Waals surface area contributed by atoms with Gasteiger partial charge in [-0.2, -0.15) is 0 Å². The Morgan fingerprint density at radius 3 is 2.46 bits per heavy atom. The minimum absolute atomic E-state index is 0.0510. The number of carbonyl (C=O) groups is 1. The van der Waals surface area contributed by atoms with Crippen LogP contribution in [0.25, 0.3) is 0 Å². The van der Waals surface area contributed by atoms with Gasteiger partial charge in [0.2, 0.25) is 0 Å². The molecule has 3 nitrogen and oxygen atoms in total. The van der Waals surface area contributed by atoms with Gasteiger partial charge in [0.05, 0.1) is 18.6 Å². The standard InChI is InChI=1S/C10H18O3/c1-4-7-8(6(3)11)9(7)10(12)13-5-2/h6-9,11H,4-5H2,1-3H3/t6-,7-,8+,9+/m0/s1. The molecular formula is C10H18O3. The predicted molar refractivity (Wildman–Crippen MR) is 49.1 cm³/mol. The highest BCUT2D eigenvalue weighted by Crippen LogP contribution is 2.51. The molecule has 1 saturated carbocycles. The van der Waals surface area contributed by atoms with Gasteiger partial charge in [-0.1, -0.05) is 13.3 Å². The molecule has 0 aromatic carbocycles. The van der Waals surface area contributed by atoms with E-state index in [1.54, 1.807) is 13.8 Å². The van der Waals surface area contributed by atoms with Crippen LogP contribution in [-0.4, -0.2) is 23.8 Å². The van der Waals surface area contributed by atoms with Gasteiger partial charge >= 0.3 is 5.97 Å². The molecule has 0 unspecified atom stereocenters. The molecule has 0 saturated heterocycles. The van der Waals surface area contributed by atoms with E-state index in [2.05, 4.69) is 0 Å². The molecule has 0 bridgehead atoms. The zero-order valence-electron chi connectivity index (χ0n) is 8.49. The van der Waals surface area contributed by atoms with E-state index in [1.807, 2.05) is 6.92 Å². The van der Waals surface area contributed by atoms with Gasteiger partial charge in [-0.25, -0.2) is 0 Å². The third-order valence-electron chi connectivity index (χ3n) is 2.82. The lowest BCUT2D eigenvalue weighted by Gasteiger charge is -2.02. The molecule has 0 radical (unpaired) electrons. The van der Waals surface area contributed by atoms with Crippen molar-refractivity contribution >= 4 is 5.97 Å². The van der Waals surface area contributed by atoms with Gasteiger partial charge in [-0.15, -0.1) is 0 Å². The summed E-state index contributed by atoms with van der Waals surface area (Å²) < 4.78 is 4.93. The Kier molecular flexibility index (Phi) is 3.31. The summed E-state index contributed by atoms with van der Waals surface area (Å²) in [5.74, 6) is 0.272. The Balaban J connectivity index is 2.48. The van der Waals surface area contributed by atoms with E-state index in [0.29, 0.717) is 12.5 Å². The summed E-state index contributed by atoms with van der Waals surface area (Å²) in [5, 5.41) is 9.37. The van der Waals surface area contributed by atoms with Gasteiger partial charge in [-0.3, -0.25) is 4.79 Å². The van der Waals surface area contributed by atoms with E-state index in [9.17, 15) is 9.90 Å². The first-order valence-corrected chi connectivity index (χ1v) is 4.98. The summed E-state index contributed by atoms with van der Waals surface area (Å²) in [6.45, 7) is 6.02. The van der Waals surface area contributed by atoms with Crippen molar-refractivity contribution in [1.82, 2.24) is 0 Å². The van der Waals surface area contributed by atoms with Crippen LogP contribution in [0.5, 0.6) is 0 Å². The van der Waals surface area contributed by atoms with Gasteiger partial charge in [0, 0.05) is 5.92 Å². The molecule has 1 aliphatic carbocycles. The molecule has 4 atom stereocenters. The molecule has 0 aromatic rings. The van der Waals surface area contributed by atoms with Gasteiger partial charge in [0.1, 0.15) is 0 Å². The van der Waals surface area contributed by atoms with E-state index in [4.69, 9.17) is 4.74 Å². The van der Waals surface area contributed by atoms with Crippen molar-refractivity contribution in [2.75, 3.05) is 6.61 Å². The van der Waals surface area contributed by atoms with Crippen molar-refractivity contribution in [3.63, 3.8) is 0 Å². The number of ether oxygens (including phenoxy) is 1. The maximum Gasteiger partial charge on any atom is 0.309 e. The molecule has 13 heavy (non-hydrogen) atoms. The molecule has 3 heteroatoms. The lowest BCUT2D eigenvalue weighted by atomic mass is 10.2. The lowest BCUT2D eigenvalue weighted by molar-refractivity contribution is -0.145.